The maximum atomic E-state index is 12.3. The molecule has 0 spiro atoms. The van der Waals surface area contributed by atoms with E-state index >= 15 is 0 Å². The zero-order valence-electron chi connectivity index (χ0n) is 12.2. The topological polar surface area (TPSA) is 69.6 Å². The quantitative estimate of drug-likeness (QED) is 0.738. The summed E-state index contributed by atoms with van der Waals surface area (Å²) in [5.41, 5.74) is 0. The summed E-state index contributed by atoms with van der Waals surface area (Å²) in [6.07, 6.45) is 3.35. The van der Waals surface area contributed by atoms with Gasteiger partial charge in [-0.2, -0.15) is 11.8 Å². The van der Waals surface area contributed by atoms with E-state index in [1.807, 2.05) is 18.7 Å². The molecular weight excluding hydrogens is 276 g/mol. The van der Waals surface area contributed by atoms with E-state index in [1.165, 1.54) is 0 Å². The van der Waals surface area contributed by atoms with Crippen LogP contribution in [-0.2, 0) is 4.79 Å². The van der Waals surface area contributed by atoms with Gasteiger partial charge in [0.15, 0.2) is 0 Å². The second kappa shape index (κ2) is 6.70. The molecule has 0 aromatic heterocycles. The summed E-state index contributed by atoms with van der Waals surface area (Å²) in [5, 5.41) is 12.2. The summed E-state index contributed by atoms with van der Waals surface area (Å²) >= 11 is 1.87. The number of urea groups is 1. The van der Waals surface area contributed by atoms with Crippen LogP contribution in [0.5, 0.6) is 0 Å². The van der Waals surface area contributed by atoms with Crippen LogP contribution in [0.25, 0.3) is 0 Å². The fourth-order valence-corrected chi connectivity index (χ4v) is 4.14. The number of nitrogens with zero attached hydrogens (tertiary/aromatic N) is 1. The first-order valence-electron chi connectivity index (χ1n) is 7.44. The first-order valence-corrected chi connectivity index (χ1v) is 8.59. The lowest BCUT2D eigenvalue weighted by molar-refractivity contribution is -0.142. The monoisotopic (exact) mass is 300 g/mol. The average molecular weight is 300 g/mol. The molecule has 0 saturated carbocycles. The first kappa shape index (κ1) is 15.5. The molecule has 2 fully saturated rings. The minimum Gasteiger partial charge on any atom is -0.481 e. The predicted molar refractivity (Wildman–Crippen MR) is 80.0 cm³/mol. The summed E-state index contributed by atoms with van der Waals surface area (Å²) in [6, 6.07) is 0.0908. The fourth-order valence-electron chi connectivity index (χ4n) is 3.33. The van der Waals surface area contributed by atoms with Crippen LogP contribution in [0, 0.1) is 5.92 Å². The Morgan fingerprint density at radius 3 is 2.80 bits per heavy atom. The van der Waals surface area contributed by atoms with E-state index < -0.39 is 5.97 Å². The highest BCUT2D eigenvalue weighted by Gasteiger charge is 2.51. The van der Waals surface area contributed by atoms with Crippen LogP contribution in [0.3, 0.4) is 0 Å². The molecule has 0 radical (unpaired) electrons. The molecule has 2 aliphatic heterocycles. The number of aliphatic carboxylic acids is 1. The van der Waals surface area contributed by atoms with Gasteiger partial charge in [0.05, 0.1) is 5.92 Å². The highest BCUT2D eigenvalue weighted by molar-refractivity contribution is 7.99. The third-order valence-corrected chi connectivity index (χ3v) is 5.29. The van der Waals surface area contributed by atoms with E-state index in [1.54, 1.807) is 4.90 Å². The number of fused-ring (bicyclic) bond motifs is 2. The van der Waals surface area contributed by atoms with E-state index in [9.17, 15) is 14.7 Å². The summed E-state index contributed by atoms with van der Waals surface area (Å²) < 4.78 is 0. The van der Waals surface area contributed by atoms with Gasteiger partial charge in [-0.05, 0) is 44.1 Å². The maximum Gasteiger partial charge on any atom is 0.318 e. The standard InChI is InChI=1S/C14H24N2O3S/c1-3-20-7-6-9(2)15-14(19)16-10-4-5-12(16)11(8-10)13(17)18/h9-12H,3-8H2,1-2H3,(H,15,19)(H,17,18). The van der Waals surface area contributed by atoms with Crippen molar-refractivity contribution >= 4 is 23.8 Å². The summed E-state index contributed by atoms with van der Waals surface area (Å²) in [5.74, 6) is 1.01. The SMILES string of the molecule is CCSCCC(C)NC(=O)N1C2CCC1C(C(=O)O)C2. The van der Waals surface area contributed by atoms with Crippen molar-refractivity contribution in [2.45, 2.75) is 57.7 Å². The van der Waals surface area contributed by atoms with Gasteiger partial charge in [0, 0.05) is 18.1 Å². The number of nitrogens with one attached hydrogen (secondary N) is 1. The zero-order chi connectivity index (χ0) is 14.7. The summed E-state index contributed by atoms with van der Waals surface area (Å²) in [7, 11) is 0. The van der Waals surface area contributed by atoms with Crippen LogP contribution in [0.1, 0.15) is 39.5 Å². The van der Waals surface area contributed by atoms with Gasteiger partial charge >= 0.3 is 12.0 Å². The Morgan fingerprint density at radius 1 is 1.45 bits per heavy atom. The molecule has 0 aromatic carbocycles. The normalized spacial score (nSPS) is 29.5. The van der Waals surface area contributed by atoms with Crippen LogP contribution in [0.4, 0.5) is 4.79 Å². The number of carboxylic acid groups (broad SMARTS) is 1. The van der Waals surface area contributed by atoms with Crippen LogP contribution in [0.2, 0.25) is 0 Å². The number of carbonyl (C=O) groups is 2. The molecule has 0 aliphatic carbocycles. The van der Waals surface area contributed by atoms with Crippen molar-refractivity contribution in [3.63, 3.8) is 0 Å². The van der Waals surface area contributed by atoms with Crippen molar-refractivity contribution in [2.24, 2.45) is 5.92 Å². The molecule has 0 aromatic rings. The molecule has 2 saturated heterocycles. The number of carbonyl (C=O) groups excluding carboxylic acids is 1. The average Bonchev–Trinajstić information content (AvgIpc) is 2.96. The van der Waals surface area contributed by atoms with Crippen LogP contribution >= 0.6 is 11.8 Å². The van der Waals surface area contributed by atoms with Gasteiger partial charge in [-0.3, -0.25) is 4.79 Å². The van der Waals surface area contributed by atoms with Gasteiger partial charge < -0.3 is 15.3 Å². The lowest BCUT2D eigenvalue weighted by Gasteiger charge is -2.25. The van der Waals surface area contributed by atoms with Gasteiger partial charge in [0.2, 0.25) is 0 Å². The lowest BCUT2D eigenvalue weighted by Crippen LogP contribution is -2.47. The molecule has 2 N–H and O–H groups in total. The van der Waals surface area contributed by atoms with E-state index in [0.29, 0.717) is 6.42 Å². The van der Waals surface area contributed by atoms with Gasteiger partial charge in [-0.15, -0.1) is 0 Å². The Balaban J connectivity index is 1.85. The van der Waals surface area contributed by atoms with Gasteiger partial charge in [-0.1, -0.05) is 6.92 Å². The smallest absolute Gasteiger partial charge is 0.318 e. The minimum absolute atomic E-state index is 0.0738. The van der Waals surface area contributed by atoms with Crippen molar-refractivity contribution < 1.29 is 14.7 Å². The van der Waals surface area contributed by atoms with E-state index in [4.69, 9.17) is 0 Å². The largest absolute Gasteiger partial charge is 0.481 e. The summed E-state index contributed by atoms with van der Waals surface area (Å²) in [6.45, 7) is 4.14. The molecule has 2 aliphatic rings. The molecule has 114 valence electrons. The molecule has 2 heterocycles. The Hall–Kier alpha value is -0.910. The highest BCUT2D eigenvalue weighted by atomic mass is 32.2. The van der Waals surface area contributed by atoms with Gasteiger partial charge in [0.1, 0.15) is 0 Å². The Bertz CT molecular complexity index is 377. The molecule has 5 nitrogen and oxygen atoms in total. The minimum atomic E-state index is -0.762. The van der Waals surface area contributed by atoms with Crippen LogP contribution < -0.4 is 5.32 Å². The van der Waals surface area contributed by atoms with Crippen molar-refractivity contribution in [3.05, 3.63) is 0 Å². The third-order valence-electron chi connectivity index (χ3n) is 4.36. The Morgan fingerprint density at radius 2 is 2.20 bits per heavy atom. The molecule has 6 heteroatoms. The van der Waals surface area contributed by atoms with Crippen molar-refractivity contribution in [2.75, 3.05) is 11.5 Å². The van der Waals surface area contributed by atoms with Crippen molar-refractivity contribution in [1.82, 2.24) is 10.2 Å². The van der Waals surface area contributed by atoms with Crippen LogP contribution in [0.15, 0.2) is 0 Å². The van der Waals surface area contributed by atoms with Crippen LogP contribution in [-0.4, -0.2) is 51.6 Å². The number of hydrogen-bond donors (Lipinski definition) is 2. The number of hydrogen-bond acceptors (Lipinski definition) is 3. The number of rotatable bonds is 6. The molecular formula is C14H24N2O3S. The number of amides is 2. The highest BCUT2D eigenvalue weighted by Crippen LogP contribution is 2.41. The fraction of sp³-hybridized carbons (Fsp3) is 0.857. The Kier molecular flexibility index (Phi) is 5.18. The molecule has 2 amide bonds. The van der Waals surface area contributed by atoms with E-state index in [0.717, 1.165) is 30.8 Å². The van der Waals surface area contributed by atoms with Gasteiger partial charge in [0.25, 0.3) is 0 Å². The maximum absolute atomic E-state index is 12.3. The predicted octanol–water partition coefficient (Wildman–Crippen LogP) is 2.17. The summed E-state index contributed by atoms with van der Waals surface area (Å²) in [4.78, 5) is 25.3. The zero-order valence-corrected chi connectivity index (χ0v) is 13.0. The van der Waals surface area contributed by atoms with Gasteiger partial charge in [-0.25, -0.2) is 4.79 Å². The van der Waals surface area contributed by atoms with E-state index in [2.05, 4.69) is 12.2 Å². The van der Waals surface area contributed by atoms with E-state index in [-0.39, 0.29) is 30.1 Å². The lowest BCUT2D eigenvalue weighted by atomic mass is 9.89. The first-order chi connectivity index (χ1) is 9.54. The second-order valence-electron chi connectivity index (χ2n) is 5.72. The molecule has 2 bridgehead atoms. The molecule has 2 rings (SSSR count). The number of carboxylic acids is 1. The number of thioether (sulfide) groups is 1. The molecule has 20 heavy (non-hydrogen) atoms. The Labute approximate surface area is 124 Å². The van der Waals surface area contributed by atoms with Crippen molar-refractivity contribution in [3.8, 4) is 0 Å². The second-order valence-corrected chi connectivity index (χ2v) is 7.12. The third kappa shape index (κ3) is 3.22. The molecule has 4 atom stereocenters. The van der Waals surface area contributed by atoms with Crippen molar-refractivity contribution in [1.29, 1.82) is 0 Å². The molecule has 4 unspecified atom stereocenters.